The predicted octanol–water partition coefficient (Wildman–Crippen LogP) is 1.99. The van der Waals surface area contributed by atoms with Gasteiger partial charge in [0.1, 0.15) is 5.82 Å². The van der Waals surface area contributed by atoms with Crippen molar-refractivity contribution in [3.8, 4) is 11.8 Å². The maximum absolute atomic E-state index is 13.6. The summed E-state index contributed by atoms with van der Waals surface area (Å²) in [6.07, 6.45) is 2.35. The number of halogens is 1. The quantitative estimate of drug-likeness (QED) is 0.862. The van der Waals surface area contributed by atoms with Crippen molar-refractivity contribution in [2.75, 3.05) is 33.4 Å². The molecule has 0 aliphatic carbocycles. The molecule has 0 spiro atoms. The van der Waals surface area contributed by atoms with E-state index in [0.717, 1.165) is 31.7 Å². The number of benzene rings is 1. The summed E-state index contributed by atoms with van der Waals surface area (Å²) in [6, 6.07) is 4.95. The van der Waals surface area contributed by atoms with Crippen molar-refractivity contribution in [3.63, 3.8) is 0 Å². The predicted molar refractivity (Wildman–Crippen MR) is 82.2 cm³/mol. The van der Waals surface area contributed by atoms with E-state index in [2.05, 4.69) is 23.8 Å². The Morgan fingerprint density at radius 3 is 3.00 bits per heavy atom. The normalized spacial score (nSPS) is 18.4. The molecule has 1 aromatic carbocycles. The van der Waals surface area contributed by atoms with Crippen LogP contribution in [0, 0.1) is 23.6 Å². The van der Waals surface area contributed by atoms with Gasteiger partial charge in [-0.05, 0) is 49.6 Å². The highest BCUT2D eigenvalue weighted by Crippen LogP contribution is 2.16. The first-order chi connectivity index (χ1) is 10.2. The molecular weight excluding hydrogens is 267 g/mol. The number of nitrogens with zero attached hydrogens (tertiary/aromatic N) is 1. The molecule has 1 atom stereocenters. The van der Waals surface area contributed by atoms with Crippen LogP contribution >= 0.6 is 0 Å². The second kappa shape index (κ2) is 8.14. The van der Waals surface area contributed by atoms with Crippen molar-refractivity contribution < 1.29 is 9.13 Å². The molecule has 0 bridgehead atoms. The largest absolute Gasteiger partial charge is 0.381 e. The lowest BCUT2D eigenvalue weighted by Crippen LogP contribution is -2.30. The van der Waals surface area contributed by atoms with Crippen molar-refractivity contribution in [1.29, 1.82) is 0 Å². The van der Waals surface area contributed by atoms with Crippen LogP contribution in [-0.4, -0.2) is 38.3 Å². The van der Waals surface area contributed by atoms with Gasteiger partial charge in [-0.15, -0.1) is 0 Å². The molecule has 0 aromatic heterocycles. The fourth-order valence-corrected chi connectivity index (χ4v) is 2.74. The average molecular weight is 290 g/mol. The summed E-state index contributed by atoms with van der Waals surface area (Å²) < 4.78 is 19.1. The maximum Gasteiger partial charge on any atom is 0.124 e. The summed E-state index contributed by atoms with van der Waals surface area (Å²) >= 11 is 0. The zero-order chi connectivity index (χ0) is 15.1. The van der Waals surface area contributed by atoms with Gasteiger partial charge >= 0.3 is 0 Å². The maximum atomic E-state index is 13.6. The standard InChI is InChI=1S/C17H23FN2O/c1-20(11-15-5-3-7-21-13-15)12-16-8-14(4-2-6-19)9-17(18)10-16/h8-10,15H,3,5-7,11-13,19H2,1H3. The Bertz CT molecular complexity index is 515. The molecule has 1 fully saturated rings. The zero-order valence-electron chi connectivity index (χ0n) is 12.6. The lowest BCUT2D eigenvalue weighted by Gasteiger charge is -2.27. The van der Waals surface area contributed by atoms with E-state index >= 15 is 0 Å². The SMILES string of the molecule is CN(Cc1cc(F)cc(C#CCN)c1)CC1CCCOC1. The highest BCUT2D eigenvalue weighted by molar-refractivity contribution is 5.37. The molecule has 2 N–H and O–H groups in total. The van der Waals surface area contributed by atoms with E-state index in [0.29, 0.717) is 18.0 Å². The fraction of sp³-hybridized carbons (Fsp3) is 0.529. The van der Waals surface area contributed by atoms with E-state index in [1.165, 1.54) is 12.5 Å². The molecule has 114 valence electrons. The van der Waals surface area contributed by atoms with Gasteiger partial charge in [-0.25, -0.2) is 4.39 Å². The molecular formula is C17H23FN2O. The molecule has 4 heteroatoms. The summed E-state index contributed by atoms with van der Waals surface area (Å²) in [7, 11) is 2.06. The third-order valence-electron chi connectivity index (χ3n) is 3.57. The van der Waals surface area contributed by atoms with Crippen LogP contribution < -0.4 is 5.73 Å². The Kier molecular flexibility index (Phi) is 6.19. The molecule has 3 nitrogen and oxygen atoms in total. The summed E-state index contributed by atoms with van der Waals surface area (Å²) in [6.45, 7) is 3.69. The van der Waals surface area contributed by atoms with Gasteiger partial charge in [-0.2, -0.15) is 0 Å². The third kappa shape index (κ3) is 5.47. The molecule has 1 aliphatic heterocycles. The van der Waals surface area contributed by atoms with Crippen LogP contribution in [0.2, 0.25) is 0 Å². The summed E-state index contributed by atoms with van der Waals surface area (Å²) in [5, 5.41) is 0. The van der Waals surface area contributed by atoms with Crippen LogP contribution in [0.5, 0.6) is 0 Å². The number of rotatable bonds is 4. The van der Waals surface area contributed by atoms with Crippen molar-refractivity contribution in [2.24, 2.45) is 11.7 Å². The summed E-state index contributed by atoms with van der Waals surface area (Å²) in [5.41, 5.74) is 6.98. The Labute approximate surface area is 126 Å². The van der Waals surface area contributed by atoms with Crippen molar-refractivity contribution in [1.82, 2.24) is 4.90 Å². The van der Waals surface area contributed by atoms with E-state index in [4.69, 9.17) is 10.5 Å². The summed E-state index contributed by atoms with van der Waals surface area (Å²) in [5.74, 6) is 5.98. The fourth-order valence-electron chi connectivity index (χ4n) is 2.74. The summed E-state index contributed by atoms with van der Waals surface area (Å²) in [4.78, 5) is 2.22. The second-order valence-electron chi connectivity index (χ2n) is 5.63. The first-order valence-electron chi connectivity index (χ1n) is 7.42. The minimum absolute atomic E-state index is 0.247. The molecule has 1 unspecified atom stereocenters. The number of hydrogen-bond acceptors (Lipinski definition) is 3. The lowest BCUT2D eigenvalue weighted by molar-refractivity contribution is 0.0411. The second-order valence-corrected chi connectivity index (χ2v) is 5.63. The van der Waals surface area contributed by atoms with Crippen LogP contribution in [0.15, 0.2) is 18.2 Å². The number of ether oxygens (including phenoxy) is 1. The van der Waals surface area contributed by atoms with E-state index in [1.807, 2.05) is 6.07 Å². The van der Waals surface area contributed by atoms with Gasteiger partial charge in [-0.1, -0.05) is 11.8 Å². The van der Waals surface area contributed by atoms with Gasteiger partial charge in [0.2, 0.25) is 0 Å². The van der Waals surface area contributed by atoms with Gasteiger partial charge < -0.3 is 15.4 Å². The van der Waals surface area contributed by atoms with Crippen LogP contribution in [0.25, 0.3) is 0 Å². The molecule has 0 amide bonds. The highest BCUT2D eigenvalue weighted by atomic mass is 19.1. The smallest absolute Gasteiger partial charge is 0.124 e. The van der Waals surface area contributed by atoms with Crippen LogP contribution in [0.1, 0.15) is 24.0 Å². The zero-order valence-corrected chi connectivity index (χ0v) is 12.6. The van der Waals surface area contributed by atoms with Gasteiger partial charge in [-0.3, -0.25) is 0 Å². The van der Waals surface area contributed by atoms with Gasteiger partial charge in [0.25, 0.3) is 0 Å². The van der Waals surface area contributed by atoms with Gasteiger partial charge in [0.05, 0.1) is 13.2 Å². The van der Waals surface area contributed by atoms with Crippen LogP contribution in [0.3, 0.4) is 0 Å². The monoisotopic (exact) mass is 290 g/mol. The molecule has 1 aliphatic rings. The van der Waals surface area contributed by atoms with Gasteiger partial charge in [0, 0.05) is 25.3 Å². The Balaban J connectivity index is 1.96. The topological polar surface area (TPSA) is 38.5 Å². The molecule has 21 heavy (non-hydrogen) atoms. The van der Waals surface area contributed by atoms with E-state index in [1.54, 1.807) is 6.07 Å². The van der Waals surface area contributed by atoms with Gasteiger partial charge in [0.15, 0.2) is 0 Å². The molecule has 1 saturated heterocycles. The molecule has 1 heterocycles. The lowest BCUT2D eigenvalue weighted by atomic mass is 10.0. The minimum atomic E-state index is -0.247. The first-order valence-corrected chi connectivity index (χ1v) is 7.42. The van der Waals surface area contributed by atoms with E-state index in [9.17, 15) is 4.39 Å². The van der Waals surface area contributed by atoms with E-state index < -0.39 is 0 Å². The Morgan fingerprint density at radius 1 is 1.43 bits per heavy atom. The first kappa shape index (κ1) is 16.0. The third-order valence-corrected chi connectivity index (χ3v) is 3.57. The Hall–Kier alpha value is -1.41. The molecule has 1 aromatic rings. The van der Waals surface area contributed by atoms with E-state index in [-0.39, 0.29) is 12.4 Å². The minimum Gasteiger partial charge on any atom is -0.381 e. The van der Waals surface area contributed by atoms with Crippen molar-refractivity contribution >= 4 is 0 Å². The van der Waals surface area contributed by atoms with Crippen molar-refractivity contribution in [2.45, 2.75) is 19.4 Å². The number of hydrogen-bond donors (Lipinski definition) is 1. The molecule has 0 radical (unpaired) electrons. The highest BCUT2D eigenvalue weighted by Gasteiger charge is 2.16. The molecule has 2 rings (SSSR count). The average Bonchev–Trinajstić information content (AvgIpc) is 2.45. The number of nitrogens with two attached hydrogens (primary N) is 1. The Morgan fingerprint density at radius 2 is 2.29 bits per heavy atom. The van der Waals surface area contributed by atoms with Crippen molar-refractivity contribution in [3.05, 3.63) is 35.1 Å². The van der Waals surface area contributed by atoms with Crippen LogP contribution in [0.4, 0.5) is 4.39 Å². The van der Waals surface area contributed by atoms with Crippen LogP contribution in [-0.2, 0) is 11.3 Å². The molecule has 0 saturated carbocycles.